The molecular weight excluding hydrogens is 390 g/mol. The van der Waals surface area contributed by atoms with Crippen LogP contribution in [-0.4, -0.2) is 26.6 Å². The van der Waals surface area contributed by atoms with Gasteiger partial charge in [-0.1, -0.05) is 6.07 Å². The molecule has 1 saturated carbocycles. The van der Waals surface area contributed by atoms with Gasteiger partial charge in [0.1, 0.15) is 11.4 Å². The number of amides is 1. The Labute approximate surface area is 181 Å². The second-order valence-electron chi connectivity index (χ2n) is 8.90. The normalized spacial score (nSPS) is 17.8. The topological polar surface area (TPSA) is 101 Å². The number of nitriles is 1. The third-order valence-electron chi connectivity index (χ3n) is 5.15. The van der Waals surface area contributed by atoms with E-state index in [1.54, 1.807) is 12.3 Å². The number of aryl methyl sites for hydroxylation is 1. The van der Waals surface area contributed by atoms with Crippen LogP contribution in [0.1, 0.15) is 61.8 Å². The van der Waals surface area contributed by atoms with Crippen molar-refractivity contribution in [3.8, 4) is 6.07 Å². The van der Waals surface area contributed by atoms with Crippen LogP contribution < -0.4 is 5.32 Å². The monoisotopic (exact) mass is 415 g/mol. The summed E-state index contributed by atoms with van der Waals surface area (Å²) in [6.45, 7) is 7.41. The van der Waals surface area contributed by atoms with E-state index < -0.39 is 11.7 Å². The summed E-state index contributed by atoms with van der Waals surface area (Å²) in [5.74, 6) is 1.31. The molecule has 0 bridgehead atoms. The molecule has 0 unspecified atom stereocenters. The van der Waals surface area contributed by atoms with Gasteiger partial charge in [0.15, 0.2) is 0 Å². The van der Waals surface area contributed by atoms with Gasteiger partial charge in [0.25, 0.3) is 0 Å². The van der Waals surface area contributed by atoms with Gasteiger partial charge in [0, 0.05) is 40.5 Å². The van der Waals surface area contributed by atoms with E-state index in [4.69, 9.17) is 9.72 Å². The largest absolute Gasteiger partial charge is 0.444 e. The summed E-state index contributed by atoms with van der Waals surface area (Å²) in [6, 6.07) is 11.7. The highest BCUT2D eigenvalue weighted by Gasteiger charge is 2.43. The zero-order valence-corrected chi connectivity index (χ0v) is 18.1. The summed E-state index contributed by atoms with van der Waals surface area (Å²) in [5.41, 5.74) is 3.58. The van der Waals surface area contributed by atoms with E-state index >= 15 is 0 Å². The van der Waals surface area contributed by atoms with Gasteiger partial charge in [-0.2, -0.15) is 5.26 Å². The molecule has 0 saturated heterocycles. The minimum absolute atomic E-state index is 0.228. The van der Waals surface area contributed by atoms with Crippen molar-refractivity contribution in [3.63, 3.8) is 0 Å². The van der Waals surface area contributed by atoms with Gasteiger partial charge in [-0.3, -0.25) is 10.3 Å². The smallest absolute Gasteiger partial charge is 0.412 e. The number of anilines is 1. The molecule has 1 fully saturated rings. The van der Waals surface area contributed by atoms with Crippen molar-refractivity contribution in [2.75, 3.05) is 5.32 Å². The van der Waals surface area contributed by atoms with Crippen LogP contribution in [0.3, 0.4) is 0 Å². The molecule has 3 aromatic rings. The molecule has 2 atom stereocenters. The molecule has 1 aliphatic rings. The van der Waals surface area contributed by atoms with Gasteiger partial charge in [-0.05, 0) is 63.9 Å². The van der Waals surface area contributed by atoms with E-state index in [1.807, 2.05) is 52.0 Å². The molecule has 2 aromatic heterocycles. The fourth-order valence-electron chi connectivity index (χ4n) is 3.70. The number of carbonyl (C=O) groups excluding carboxylic acids is 1. The number of aromatic nitrogens is 3. The molecule has 7 heteroatoms. The second kappa shape index (κ2) is 7.95. The first-order valence-electron chi connectivity index (χ1n) is 10.3. The molecule has 2 heterocycles. The first kappa shape index (κ1) is 20.7. The Morgan fingerprint density at radius 1 is 1.23 bits per heavy atom. The summed E-state index contributed by atoms with van der Waals surface area (Å²) < 4.78 is 5.33. The number of nitrogens with one attached hydrogen (secondary N) is 1. The van der Waals surface area contributed by atoms with Crippen LogP contribution in [0.5, 0.6) is 0 Å². The zero-order valence-electron chi connectivity index (χ0n) is 18.1. The quantitative estimate of drug-likeness (QED) is 0.642. The number of hydrogen-bond acceptors (Lipinski definition) is 6. The number of carbonyl (C=O) groups is 1. The minimum atomic E-state index is -0.578. The van der Waals surface area contributed by atoms with Gasteiger partial charge >= 0.3 is 6.09 Å². The highest BCUT2D eigenvalue weighted by Crippen LogP contribution is 2.53. The van der Waals surface area contributed by atoms with Crippen LogP contribution >= 0.6 is 0 Å². The van der Waals surface area contributed by atoms with Crippen LogP contribution in [0.4, 0.5) is 10.5 Å². The lowest BCUT2D eigenvalue weighted by atomic mass is 10.0. The third kappa shape index (κ3) is 4.80. The third-order valence-corrected chi connectivity index (χ3v) is 5.15. The average molecular weight is 415 g/mol. The Hall–Kier alpha value is -3.53. The van der Waals surface area contributed by atoms with Crippen LogP contribution in [0.2, 0.25) is 0 Å². The molecule has 4 rings (SSSR count). The lowest BCUT2D eigenvalue weighted by Gasteiger charge is -2.19. The van der Waals surface area contributed by atoms with E-state index in [0.29, 0.717) is 12.1 Å². The summed E-state index contributed by atoms with van der Waals surface area (Å²) in [6.07, 6.45) is 2.50. The molecule has 1 N–H and O–H groups in total. The van der Waals surface area contributed by atoms with Crippen LogP contribution in [-0.2, 0) is 11.2 Å². The van der Waals surface area contributed by atoms with Gasteiger partial charge in [-0.25, -0.2) is 14.8 Å². The van der Waals surface area contributed by atoms with Gasteiger partial charge in [0.05, 0.1) is 18.0 Å². The number of nitrogens with zero attached hydrogens (tertiary/aromatic N) is 4. The van der Waals surface area contributed by atoms with E-state index in [0.717, 1.165) is 40.1 Å². The van der Waals surface area contributed by atoms with Crippen LogP contribution in [0.15, 0.2) is 36.5 Å². The summed E-state index contributed by atoms with van der Waals surface area (Å²) in [7, 11) is 0. The summed E-state index contributed by atoms with van der Waals surface area (Å²) in [5, 5.41) is 13.0. The number of hydrogen-bond donors (Lipinski definition) is 1. The molecular formula is C24H25N5O2. The number of benzene rings is 1. The summed E-state index contributed by atoms with van der Waals surface area (Å²) >= 11 is 0. The predicted octanol–water partition coefficient (Wildman–Crippen LogP) is 5.02. The number of ether oxygens (including phenoxy) is 1. The standard InChI is InChI=1S/C24H25N5O2/c1-14-8-10-26-22(27-14)19-13-18(19)20-11-15(7-9-25)17-6-5-16(12-21(17)29-20)28-23(30)31-24(2,3)4/h5-6,8,10-12,18-19H,7,13H2,1-4H3,(H,28,30)/t18-,19-/m0/s1. The first-order chi connectivity index (χ1) is 14.7. The van der Waals surface area contributed by atoms with Crippen molar-refractivity contribution in [1.29, 1.82) is 5.26 Å². The zero-order chi connectivity index (χ0) is 22.2. The van der Waals surface area contributed by atoms with E-state index in [9.17, 15) is 10.1 Å². The van der Waals surface area contributed by atoms with E-state index in [-0.39, 0.29) is 11.8 Å². The Morgan fingerprint density at radius 2 is 2.03 bits per heavy atom. The Bertz CT molecular complexity index is 1190. The van der Waals surface area contributed by atoms with Crippen LogP contribution in [0, 0.1) is 18.3 Å². The highest BCUT2D eigenvalue weighted by molar-refractivity contribution is 5.91. The fraction of sp³-hybridized carbons (Fsp3) is 0.375. The molecule has 7 nitrogen and oxygen atoms in total. The molecule has 0 aliphatic heterocycles. The van der Waals surface area contributed by atoms with E-state index in [2.05, 4.69) is 21.4 Å². The van der Waals surface area contributed by atoms with Crippen molar-refractivity contribution >= 4 is 22.7 Å². The van der Waals surface area contributed by atoms with Crippen molar-refractivity contribution in [2.45, 2.75) is 58.0 Å². The molecule has 31 heavy (non-hydrogen) atoms. The maximum Gasteiger partial charge on any atom is 0.412 e. The van der Waals surface area contributed by atoms with Crippen molar-refractivity contribution in [1.82, 2.24) is 15.0 Å². The lowest BCUT2D eigenvalue weighted by molar-refractivity contribution is 0.0636. The van der Waals surface area contributed by atoms with Crippen molar-refractivity contribution in [2.24, 2.45) is 0 Å². The van der Waals surface area contributed by atoms with Crippen molar-refractivity contribution < 1.29 is 9.53 Å². The lowest BCUT2D eigenvalue weighted by Crippen LogP contribution is -2.27. The van der Waals surface area contributed by atoms with E-state index in [1.165, 1.54) is 0 Å². The van der Waals surface area contributed by atoms with Gasteiger partial charge in [0.2, 0.25) is 0 Å². The maximum atomic E-state index is 12.1. The Morgan fingerprint density at radius 3 is 2.74 bits per heavy atom. The highest BCUT2D eigenvalue weighted by atomic mass is 16.6. The first-order valence-corrected chi connectivity index (χ1v) is 10.3. The van der Waals surface area contributed by atoms with Gasteiger partial charge < -0.3 is 4.74 Å². The minimum Gasteiger partial charge on any atom is -0.444 e. The van der Waals surface area contributed by atoms with Crippen molar-refractivity contribution in [3.05, 3.63) is 59.3 Å². The molecule has 158 valence electrons. The molecule has 1 aromatic carbocycles. The fourth-order valence-corrected chi connectivity index (χ4v) is 3.70. The SMILES string of the molecule is Cc1ccnc([C@H]2C[C@@H]2c2cc(CC#N)c3ccc(NC(=O)OC(C)(C)C)cc3n2)n1. The Kier molecular flexibility index (Phi) is 5.32. The number of rotatable bonds is 4. The predicted molar refractivity (Wildman–Crippen MR) is 118 cm³/mol. The molecule has 0 radical (unpaired) electrons. The van der Waals surface area contributed by atoms with Crippen LogP contribution in [0.25, 0.3) is 10.9 Å². The molecule has 0 spiro atoms. The molecule has 1 aliphatic carbocycles. The van der Waals surface area contributed by atoms with Gasteiger partial charge in [-0.15, -0.1) is 0 Å². The number of pyridine rings is 1. The average Bonchev–Trinajstić information content (AvgIpc) is 3.47. The maximum absolute atomic E-state index is 12.1. The second-order valence-corrected chi connectivity index (χ2v) is 8.90. The Balaban J connectivity index is 1.64. The molecule has 1 amide bonds. The summed E-state index contributed by atoms with van der Waals surface area (Å²) in [4.78, 5) is 26.0. The number of fused-ring (bicyclic) bond motifs is 1.